The van der Waals surface area contributed by atoms with E-state index < -0.39 is 0 Å². The lowest BCUT2D eigenvalue weighted by Gasteiger charge is -2.18. The van der Waals surface area contributed by atoms with Crippen LogP contribution in [0, 0.1) is 0 Å². The van der Waals surface area contributed by atoms with Crippen LogP contribution in [0.15, 0.2) is 95.4 Å². The van der Waals surface area contributed by atoms with Crippen molar-refractivity contribution in [3.8, 4) is 11.5 Å². The van der Waals surface area contributed by atoms with Gasteiger partial charge in [-0.05, 0) is 12.1 Å². The van der Waals surface area contributed by atoms with E-state index in [1.54, 1.807) is 0 Å². The number of benzene rings is 3. The predicted octanol–water partition coefficient (Wildman–Crippen LogP) is 3.52. The minimum Gasteiger partial charge on any atom is -0.415 e. The average Bonchev–Trinajstić information content (AvgIpc) is 3.19. The summed E-state index contributed by atoms with van der Waals surface area (Å²) in [5, 5.41) is 8.50. The van der Waals surface area contributed by atoms with Crippen molar-refractivity contribution >= 4 is 0 Å². The normalized spacial score (nSPS) is 11.0. The summed E-state index contributed by atoms with van der Waals surface area (Å²) in [5.74, 6) is 1.24. The Balaban J connectivity index is 1.52. The lowest BCUT2D eigenvalue weighted by Crippen LogP contribution is -3.08. The summed E-state index contributed by atoms with van der Waals surface area (Å²) >= 11 is 0. The fraction of sp³-hybridized carbons (Fsp3) is 0.130. The van der Waals surface area contributed by atoms with E-state index in [1.165, 1.54) is 16.0 Å². The SMILES string of the molecule is c1ccc(C[NH+](Cc2ccccc2)Cc2nnc(-c3ccccc3)o2)cc1. The zero-order chi connectivity index (χ0) is 18.3. The average molecular weight is 356 g/mol. The van der Waals surface area contributed by atoms with Crippen LogP contribution in [0.4, 0.5) is 0 Å². The number of nitrogens with one attached hydrogen (secondary N) is 1. The number of hydrogen-bond acceptors (Lipinski definition) is 3. The Kier molecular flexibility index (Phi) is 5.36. The molecule has 4 rings (SSSR count). The van der Waals surface area contributed by atoms with Gasteiger partial charge in [0.15, 0.2) is 6.54 Å². The van der Waals surface area contributed by atoms with Crippen LogP contribution in [0.5, 0.6) is 0 Å². The number of nitrogens with zero attached hydrogens (tertiary/aromatic N) is 2. The summed E-state index contributed by atoms with van der Waals surface area (Å²) in [6, 6.07) is 30.9. The van der Waals surface area contributed by atoms with Crippen molar-refractivity contribution in [2.75, 3.05) is 0 Å². The summed E-state index contributed by atoms with van der Waals surface area (Å²) in [6.07, 6.45) is 0. The second-order valence-electron chi connectivity index (χ2n) is 6.62. The highest BCUT2D eigenvalue weighted by Gasteiger charge is 2.17. The van der Waals surface area contributed by atoms with E-state index in [0.717, 1.165) is 18.7 Å². The van der Waals surface area contributed by atoms with Gasteiger partial charge in [-0.15, -0.1) is 10.2 Å². The standard InChI is InChI=1S/C23H21N3O/c1-4-10-19(11-5-1)16-26(17-20-12-6-2-7-13-20)18-22-24-25-23(27-22)21-14-8-3-9-15-21/h1-15H,16-18H2/p+1. The quantitative estimate of drug-likeness (QED) is 0.551. The Hall–Kier alpha value is -3.24. The largest absolute Gasteiger partial charge is 0.415 e. The molecule has 0 bridgehead atoms. The van der Waals surface area contributed by atoms with Crippen LogP contribution in [0.1, 0.15) is 17.0 Å². The predicted molar refractivity (Wildman–Crippen MR) is 105 cm³/mol. The van der Waals surface area contributed by atoms with E-state index in [2.05, 4.69) is 58.7 Å². The Morgan fingerprint density at radius 3 is 1.67 bits per heavy atom. The van der Waals surface area contributed by atoms with Gasteiger partial charge in [0.05, 0.1) is 0 Å². The van der Waals surface area contributed by atoms with Gasteiger partial charge in [-0.2, -0.15) is 0 Å². The van der Waals surface area contributed by atoms with Gasteiger partial charge in [0.25, 0.3) is 5.89 Å². The first-order valence-corrected chi connectivity index (χ1v) is 9.16. The first-order chi connectivity index (χ1) is 13.4. The summed E-state index contributed by atoms with van der Waals surface area (Å²) in [7, 11) is 0. The first-order valence-electron chi connectivity index (χ1n) is 9.16. The number of rotatable bonds is 7. The molecule has 0 aliphatic heterocycles. The lowest BCUT2D eigenvalue weighted by molar-refractivity contribution is -0.942. The number of aromatic nitrogens is 2. The van der Waals surface area contributed by atoms with E-state index in [0.29, 0.717) is 18.3 Å². The van der Waals surface area contributed by atoms with Crippen molar-refractivity contribution in [3.63, 3.8) is 0 Å². The molecule has 0 spiro atoms. The Bertz CT molecular complexity index is 911. The minimum absolute atomic E-state index is 0.573. The van der Waals surface area contributed by atoms with Gasteiger partial charge in [-0.1, -0.05) is 78.9 Å². The molecule has 0 unspecified atom stereocenters. The second kappa shape index (κ2) is 8.43. The highest BCUT2D eigenvalue weighted by molar-refractivity contribution is 5.51. The summed E-state index contributed by atoms with van der Waals surface area (Å²) in [4.78, 5) is 1.36. The Morgan fingerprint density at radius 1 is 0.593 bits per heavy atom. The van der Waals surface area contributed by atoms with Crippen molar-refractivity contribution in [2.24, 2.45) is 0 Å². The third kappa shape index (κ3) is 4.68. The maximum absolute atomic E-state index is 5.93. The van der Waals surface area contributed by atoms with Crippen molar-refractivity contribution in [1.82, 2.24) is 10.2 Å². The Morgan fingerprint density at radius 2 is 1.11 bits per heavy atom. The number of hydrogen-bond donors (Lipinski definition) is 1. The zero-order valence-corrected chi connectivity index (χ0v) is 15.1. The first kappa shape index (κ1) is 17.2. The smallest absolute Gasteiger partial charge is 0.271 e. The molecule has 1 aromatic heterocycles. The van der Waals surface area contributed by atoms with E-state index in [9.17, 15) is 0 Å². The molecule has 4 heteroatoms. The van der Waals surface area contributed by atoms with Gasteiger partial charge in [-0.3, -0.25) is 0 Å². The maximum atomic E-state index is 5.93. The van der Waals surface area contributed by atoms with Crippen molar-refractivity contribution in [3.05, 3.63) is 108 Å². The van der Waals surface area contributed by atoms with E-state index in [1.807, 2.05) is 42.5 Å². The molecule has 0 saturated heterocycles. The van der Waals surface area contributed by atoms with E-state index >= 15 is 0 Å². The van der Waals surface area contributed by atoms with Gasteiger partial charge < -0.3 is 9.32 Å². The van der Waals surface area contributed by atoms with Crippen molar-refractivity contribution < 1.29 is 9.32 Å². The molecular formula is C23H22N3O+. The molecule has 0 saturated carbocycles. The van der Waals surface area contributed by atoms with Crippen LogP contribution < -0.4 is 4.90 Å². The van der Waals surface area contributed by atoms with Crippen LogP contribution in [-0.4, -0.2) is 10.2 Å². The lowest BCUT2D eigenvalue weighted by atomic mass is 10.1. The van der Waals surface area contributed by atoms with Gasteiger partial charge in [-0.25, -0.2) is 0 Å². The second-order valence-corrected chi connectivity index (χ2v) is 6.62. The van der Waals surface area contributed by atoms with Gasteiger partial charge in [0.1, 0.15) is 13.1 Å². The van der Waals surface area contributed by atoms with Crippen LogP contribution in [0.2, 0.25) is 0 Å². The maximum Gasteiger partial charge on any atom is 0.271 e. The Labute approximate surface area is 159 Å². The minimum atomic E-state index is 0.573. The van der Waals surface area contributed by atoms with Crippen molar-refractivity contribution in [2.45, 2.75) is 19.6 Å². The highest BCUT2D eigenvalue weighted by Crippen LogP contribution is 2.16. The molecule has 4 aromatic rings. The molecular weight excluding hydrogens is 334 g/mol. The molecule has 134 valence electrons. The summed E-state index contributed by atoms with van der Waals surface area (Å²) in [6.45, 7) is 2.49. The molecule has 3 aromatic carbocycles. The number of quaternary nitrogens is 1. The van der Waals surface area contributed by atoms with Crippen molar-refractivity contribution in [1.29, 1.82) is 0 Å². The molecule has 0 atom stereocenters. The highest BCUT2D eigenvalue weighted by atomic mass is 16.4. The fourth-order valence-electron chi connectivity index (χ4n) is 3.19. The fourth-order valence-corrected chi connectivity index (χ4v) is 3.19. The van der Waals surface area contributed by atoms with Crippen LogP contribution in [0.25, 0.3) is 11.5 Å². The zero-order valence-electron chi connectivity index (χ0n) is 15.1. The summed E-state index contributed by atoms with van der Waals surface area (Å²) < 4.78 is 5.93. The molecule has 0 amide bonds. The van der Waals surface area contributed by atoms with Crippen LogP contribution in [-0.2, 0) is 19.6 Å². The van der Waals surface area contributed by atoms with E-state index in [4.69, 9.17) is 4.42 Å². The molecule has 27 heavy (non-hydrogen) atoms. The monoisotopic (exact) mass is 356 g/mol. The van der Waals surface area contributed by atoms with Gasteiger partial charge in [0.2, 0.25) is 5.89 Å². The molecule has 1 heterocycles. The molecule has 1 N–H and O–H groups in total. The van der Waals surface area contributed by atoms with Crippen LogP contribution in [0.3, 0.4) is 0 Å². The molecule has 0 fully saturated rings. The van der Waals surface area contributed by atoms with Gasteiger partial charge >= 0.3 is 0 Å². The molecule has 0 aliphatic rings. The topological polar surface area (TPSA) is 43.4 Å². The molecule has 0 radical (unpaired) electrons. The summed E-state index contributed by atoms with van der Waals surface area (Å²) in [5.41, 5.74) is 3.54. The van der Waals surface area contributed by atoms with Gasteiger partial charge in [0, 0.05) is 16.7 Å². The van der Waals surface area contributed by atoms with E-state index in [-0.39, 0.29) is 0 Å². The van der Waals surface area contributed by atoms with Crippen LogP contribution >= 0.6 is 0 Å². The molecule has 4 nitrogen and oxygen atoms in total. The molecule has 0 aliphatic carbocycles. The third-order valence-electron chi connectivity index (χ3n) is 4.48. The third-order valence-corrected chi connectivity index (χ3v) is 4.48.